The van der Waals surface area contributed by atoms with Gasteiger partial charge in [-0.05, 0) is 26.8 Å². The number of benzene rings is 1. The number of aryl methyl sites for hydroxylation is 2. The Hall–Kier alpha value is -2.15. The fourth-order valence-corrected chi connectivity index (χ4v) is 4.42. The Bertz CT molecular complexity index is 853. The standard InChI is InChI=1S/C22H31N3O3/c1-4-25-17(3)15-19(27)20(22(25)28)21(18-7-5-16(2)6-8-18)24-11-9-23(10-12-24)13-14-26/h5-8,15,21,26-27H,4,9-14H2,1-3H3/p+2/t21-/m0/s1. The fraction of sp³-hybridized carbons (Fsp3) is 0.500. The molecule has 6 nitrogen and oxygen atoms in total. The lowest BCUT2D eigenvalue weighted by atomic mass is 9.95. The molecule has 0 spiro atoms. The van der Waals surface area contributed by atoms with E-state index >= 15 is 0 Å². The quantitative estimate of drug-likeness (QED) is 0.517. The summed E-state index contributed by atoms with van der Waals surface area (Å²) < 4.78 is 1.74. The molecule has 1 aromatic heterocycles. The van der Waals surface area contributed by atoms with E-state index in [9.17, 15) is 15.0 Å². The third kappa shape index (κ3) is 4.14. The van der Waals surface area contributed by atoms with Crippen LogP contribution in [0.25, 0.3) is 0 Å². The van der Waals surface area contributed by atoms with E-state index in [0.29, 0.717) is 12.1 Å². The summed E-state index contributed by atoms with van der Waals surface area (Å²) in [6.07, 6.45) is 0. The highest BCUT2D eigenvalue weighted by Crippen LogP contribution is 2.25. The average molecular weight is 388 g/mol. The number of aliphatic hydroxyl groups excluding tert-OH is 1. The maximum absolute atomic E-state index is 13.3. The second-order valence-electron chi connectivity index (χ2n) is 7.86. The van der Waals surface area contributed by atoms with Gasteiger partial charge in [-0.2, -0.15) is 0 Å². The predicted octanol–water partition coefficient (Wildman–Crippen LogP) is -0.944. The molecule has 0 unspecified atom stereocenters. The number of nitrogens with one attached hydrogen (secondary N) is 2. The minimum Gasteiger partial charge on any atom is -0.507 e. The molecule has 0 saturated carbocycles. The van der Waals surface area contributed by atoms with Crippen LogP contribution in [0.15, 0.2) is 35.1 Å². The monoisotopic (exact) mass is 387 g/mol. The summed E-state index contributed by atoms with van der Waals surface area (Å²) in [6.45, 7) is 11.1. The molecule has 6 heteroatoms. The molecule has 152 valence electrons. The third-order valence-electron chi connectivity index (χ3n) is 6.01. The summed E-state index contributed by atoms with van der Waals surface area (Å²) in [4.78, 5) is 16.0. The van der Waals surface area contributed by atoms with Crippen molar-refractivity contribution in [2.45, 2.75) is 33.4 Å². The van der Waals surface area contributed by atoms with E-state index in [4.69, 9.17) is 0 Å². The van der Waals surface area contributed by atoms with Crippen molar-refractivity contribution in [2.75, 3.05) is 39.3 Å². The second-order valence-corrected chi connectivity index (χ2v) is 7.86. The van der Waals surface area contributed by atoms with E-state index in [0.717, 1.165) is 44.0 Å². The highest BCUT2D eigenvalue weighted by Gasteiger charge is 2.35. The molecule has 1 aliphatic heterocycles. The lowest BCUT2D eigenvalue weighted by Crippen LogP contribution is -3.28. The summed E-state index contributed by atoms with van der Waals surface area (Å²) in [5.74, 6) is 0.0930. The zero-order valence-electron chi connectivity index (χ0n) is 17.2. The summed E-state index contributed by atoms with van der Waals surface area (Å²) >= 11 is 0. The first kappa shape index (κ1) is 20.6. The average Bonchev–Trinajstić information content (AvgIpc) is 2.67. The summed E-state index contributed by atoms with van der Waals surface area (Å²) in [5, 5.41) is 20.0. The molecular formula is C22H33N3O3+2. The van der Waals surface area contributed by atoms with Gasteiger partial charge < -0.3 is 24.6 Å². The Morgan fingerprint density at radius 3 is 2.32 bits per heavy atom. The number of aliphatic hydroxyl groups is 1. The Balaban J connectivity index is 2.06. The molecule has 0 aliphatic carbocycles. The zero-order chi connectivity index (χ0) is 20.3. The van der Waals surface area contributed by atoms with Crippen molar-refractivity contribution in [1.29, 1.82) is 0 Å². The van der Waals surface area contributed by atoms with Crippen LogP contribution in [0.1, 0.15) is 35.3 Å². The molecule has 4 N–H and O–H groups in total. The lowest BCUT2D eigenvalue weighted by molar-refractivity contribution is -1.02. The Labute approximate surface area is 166 Å². The van der Waals surface area contributed by atoms with Crippen molar-refractivity contribution in [3.05, 3.63) is 63.1 Å². The molecule has 1 saturated heterocycles. The largest absolute Gasteiger partial charge is 0.507 e. The van der Waals surface area contributed by atoms with E-state index < -0.39 is 0 Å². The molecule has 1 fully saturated rings. The lowest BCUT2D eigenvalue weighted by Gasteiger charge is -2.35. The van der Waals surface area contributed by atoms with Gasteiger partial charge >= 0.3 is 0 Å². The van der Waals surface area contributed by atoms with Crippen molar-refractivity contribution >= 4 is 0 Å². The highest BCUT2D eigenvalue weighted by molar-refractivity contribution is 5.40. The van der Waals surface area contributed by atoms with Crippen LogP contribution in [0.4, 0.5) is 0 Å². The fourth-order valence-electron chi connectivity index (χ4n) is 4.42. The van der Waals surface area contributed by atoms with Gasteiger partial charge in [0.25, 0.3) is 5.56 Å². The number of pyridine rings is 1. The maximum Gasteiger partial charge on any atom is 0.264 e. The van der Waals surface area contributed by atoms with E-state index in [1.54, 1.807) is 10.6 Å². The van der Waals surface area contributed by atoms with Crippen molar-refractivity contribution in [2.24, 2.45) is 0 Å². The van der Waals surface area contributed by atoms with Crippen LogP contribution in [0.2, 0.25) is 0 Å². The maximum atomic E-state index is 13.3. The first-order chi connectivity index (χ1) is 13.5. The molecule has 0 radical (unpaired) electrons. The van der Waals surface area contributed by atoms with Crippen molar-refractivity contribution in [1.82, 2.24) is 4.57 Å². The SMILES string of the molecule is CCn1c(C)cc(O)c([C@H](c2ccc(C)cc2)[NH+]2CC[NH+](CCO)CC2)c1=O. The smallest absolute Gasteiger partial charge is 0.264 e. The van der Waals surface area contributed by atoms with Crippen molar-refractivity contribution < 1.29 is 20.0 Å². The van der Waals surface area contributed by atoms with Crippen LogP contribution in [0.5, 0.6) is 5.75 Å². The summed E-state index contributed by atoms with van der Waals surface area (Å²) in [5.41, 5.74) is 3.42. The minimum absolute atomic E-state index is 0.0930. The molecule has 1 aromatic carbocycles. The molecule has 28 heavy (non-hydrogen) atoms. The van der Waals surface area contributed by atoms with E-state index in [1.165, 1.54) is 15.4 Å². The molecular weight excluding hydrogens is 354 g/mol. The zero-order valence-corrected chi connectivity index (χ0v) is 17.2. The van der Waals surface area contributed by atoms with Crippen LogP contribution in [-0.2, 0) is 6.54 Å². The number of nitrogens with zero attached hydrogens (tertiary/aromatic N) is 1. The van der Waals surface area contributed by atoms with Crippen molar-refractivity contribution in [3.63, 3.8) is 0 Å². The van der Waals surface area contributed by atoms with Gasteiger partial charge in [-0.1, -0.05) is 29.8 Å². The van der Waals surface area contributed by atoms with Gasteiger partial charge in [-0.3, -0.25) is 4.79 Å². The molecule has 1 aliphatic rings. The van der Waals surface area contributed by atoms with Crippen LogP contribution in [0.3, 0.4) is 0 Å². The number of rotatable bonds is 6. The molecule has 0 amide bonds. The van der Waals surface area contributed by atoms with E-state index in [2.05, 4.69) is 31.2 Å². The van der Waals surface area contributed by atoms with E-state index in [1.807, 2.05) is 13.8 Å². The van der Waals surface area contributed by atoms with Gasteiger partial charge in [0.2, 0.25) is 0 Å². The molecule has 2 heterocycles. The first-order valence-electron chi connectivity index (χ1n) is 10.2. The number of piperazine rings is 1. The Morgan fingerprint density at radius 2 is 1.75 bits per heavy atom. The van der Waals surface area contributed by atoms with Crippen LogP contribution >= 0.6 is 0 Å². The van der Waals surface area contributed by atoms with Gasteiger partial charge in [0.1, 0.15) is 50.1 Å². The number of hydrogen-bond donors (Lipinski definition) is 4. The first-order valence-corrected chi connectivity index (χ1v) is 10.2. The normalized spacial score (nSPS) is 20.9. The van der Waals surface area contributed by atoms with Gasteiger partial charge in [-0.25, -0.2) is 0 Å². The highest BCUT2D eigenvalue weighted by atomic mass is 16.3. The van der Waals surface area contributed by atoms with Gasteiger partial charge in [0, 0.05) is 17.8 Å². The number of aromatic nitrogens is 1. The molecule has 3 rings (SSSR count). The summed E-state index contributed by atoms with van der Waals surface area (Å²) in [6, 6.07) is 9.82. The van der Waals surface area contributed by atoms with Crippen molar-refractivity contribution in [3.8, 4) is 5.75 Å². The molecule has 2 aromatic rings. The topological polar surface area (TPSA) is 71.3 Å². The predicted molar refractivity (Wildman–Crippen MR) is 109 cm³/mol. The summed E-state index contributed by atoms with van der Waals surface area (Å²) in [7, 11) is 0. The molecule has 1 atom stereocenters. The van der Waals surface area contributed by atoms with Gasteiger partial charge in [-0.15, -0.1) is 0 Å². The number of quaternary nitrogens is 2. The number of aromatic hydroxyl groups is 1. The van der Waals surface area contributed by atoms with Gasteiger partial charge in [0.05, 0.1) is 6.61 Å². The Kier molecular flexibility index (Phi) is 6.54. The van der Waals surface area contributed by atoms with Crippen LogP contribution in [0, 0.1) is 13.8 Å². The second kappa shape index (κ2) is 8.90. The van der Waals surface area contributed by atoms with Gasteiger partial charge in [0.15, 0.2) is 0 Å². The number of hydrogen-bond acceptors (Lipinski definition) is 3. The molecule has 0 bridgehead atoms. The Morgan fingerprint density at radius 1 is 1.11 bits per heavy atom. The van der Waals surface area contributed by atoms with Crippen LogP contribution in [-0.4, -0.2) is 54.1 Å². The third-order valence-corrected chi connectivity index (χ3v) is 6.01. The van der Waals surface area contributed by atoms with Crippen LogP contribution < -0.4 is 15.4 Å². The minimum atomic E-state index is -0.192. The van der Waals surface area contributed by atoms with E-state index in [-0.39, 0.29) is 24.0 Å².